The van der Waals surface area contributed by atoms with Gasteiger partial charge in [-0.1, -0.05) is 42.0 Å². The highest BCUT2D eigenvalue weighted by Crippen LogP contribution is 2.43. The van der Waals surface area contributed by atoms with Crippen LogP contribution in [0.15, 0.2) is 67.0 Å². The van der Waals surface area contributed by atoms with Gasteiger partial charge in [0.05, 0.1) is 18.7 Å². The molecule has 3 aromatic rings. The maximum atomic E-state index is 13.3. The molecular formula is C24H22N2O3. The van der Waals surface area contributed by atoms with Crippen molar-refractivity contribution in [3.8, 4) is 0 Å². The number of ketones is 1. The van der Waals surface area contributed by atoms with Crippen LogP contribution in [0.25, 0.3) is 0 Å². The lowest BCUT2D eigenvalue weighted by molar-refractivity contribution is -0.136. The quantitative estimate of drug-likeness (QED) is 0.679. The molecule has 29 heavy (non-hydrogen) atoms. The second-order valence-corrected chi connectivity index (χ2v) is 7.54. The molecule has 0 saturated heterocycles. The summed E-state index contributed by atoms with van der Waals surface area (Å²) in [5.74, 6) is -0.798. The number of nitrogens with zero attached hydrogens (tertiary/aromatic N) is 2. The van der Waals surface area contributed by atoms with Gasteiger partial charge in [0.2, 0.25) is 0 Å². The Hall–Kier alpha value is -3.31. The molecule has 0 saturated carbocycles. The number of anilines is 1. The van der Waals surface area contributed by atoms with Gasteiger partial charge in [0.1, 0.15) is 0 Å². The molecule has 1 aliphatic rings. The van der Waals surface area contributed by atoms with Crippen molar-refractivity contribution in [2.24, 2.45) is 0 Å². The van der Waals surface area contributed by atoms with E-state index in [0.717, 1.165) is 16.7 Å². The van der Waals surface area contributed by atoms with Crippen LogP contribution >= 0.6 is 0 Å². The average molecular weight is 386 g/mol. The van der Waals surface area contributed by atoms with Gasteiger partial charge in [0, 0.05) is 23.5 Å². The summed E-state index contributed by atoms with van der Waals surface area (Å²) in [6.07, 6.45) is 2.70. The summed E-state index contributed by atoms with van der Waals surface area (Å²) >= 11 is 0. The fraction of sp³-hybridized carbons (Fsp3) is 0.208. The molecule has 1 N–H and O–H groups in total. The molecule has 1 atom stereocenters. The van der Waals surface area contributed by atoms with Crippen molar-refractivity contribution in [1.29, 1.82) is 0 Å². The van der Waals surface area contributed by atoms with Gasteiger partial charge in [0.25, 0.3) is 5.91 Å². The smallest absolute Gasteiger partial charge is 0.264 e. The molecular weight excluding hydrogens is 364 g/mol. The van der Waals surface area contributed by atoms with Crippen LogP contribution in [0, 0.1) is 13.8 Å². The second-order valence-electron chi connectivity index (χ2n) is 7.54. The van der Waals surface area contributed by atoms with Crippen molar-refractivity contribution in [2.75, 3.05) is 4.90 Å². The van der Waals surface area contributed by atoms with E-state index in [2.05, 4.69) is 11.1 Å². The summed E-state index contributed by atoms with van der Waals surface area (Å²) < 4.78 is 0. The molecule has 0 unspecified atom stereocenters. The van der Waals surface area contributed by atoms with Crippen LogP contribution < -0.4 is 4.90 Å². The summed E-state index contributed by atoms with van der Waals surface area (Å²) in [4.78, 5) is 31.6. The standard InChI is InChI=1S/C24H22N2O3/c1-16-9-10-19(17(2)12-16)15-26-21-8-4-3-7-20(21)24(29,23(26)28)13-22(27)18-6-5-11-25-14-18/h3-12,14,29H,13,15H2,1-2H3/t24-/m0/s1. The topological polar surface area (TPSA) is 70.5 Å². The molecule has 5 nitrogen and oxygen atoms in total. The number of hydrogen-bond acceptors (Lipinski definition) is 4. The SMILES string of the molecule is Cc1ccc(CN2C(=O)[C@](O)(CC(=O)c3cccnc3)c3ccccc32)c(C)c1. The number of carbonyl (C=O) groups excluding carboxylic acids is 2. The Labute approximate surface area is 169 Å². The Morgan fingerprint density at radius 2 is 1.90 bits per heavy atom. The van der Waals surface area contributed by atoms with Gasteiger partial charge in [-0.25, -0.2) is 0 Å². The molecule has 1 aromatic heterocycles. The lowest BCUT2D eigenvalue weighted by Gasteiger charge is -2.23. The largest absolute Gasteiger partial charge is 0.375 e. The van der Waals surface area contributed by atoms with E-state index in [-0.39, 0.29) is 12.2 Å². The molecule has 5 heteroatoms. The molecule has 0 aliphatic carbocycles. The van der Waals surface area contributed by atoms with E-state index in [4.69, 9.17) is 0 Å². The molecule has 2 heterocycles. The fourth-order valence-electron chi connectivity index (χ4n) is 3.89. The van der Waals surface area contributed by atoms with E-state index in [1.807, 2.05) is 38.1 Å². The molecule has 2 aromatic carbocycles. The van der Waals surface area contributed by atoms with Crippen molar-refractivity contribution < 1.29 is 14.7 Å². The number of aromatic nitrogens is 1. The molecule has 0 bridgehead atoms. The zero-order chi connectivity index (χ0) is 20.6. The first kappa shape index (κ1) is 19.0. The third-order valence-electron chi connectivity index (χ3n) is 5.47. The third-order valence-corrected chi connectivity index (χ3v) is 5.47. The lowest BCUT2D eigenvalue weighted by atomic mass is 9.88. The maximum absolute atomic E-state index is 13.3. The predicted octanol–water partition coefficient (Wildman–Crippen LogP) is 3.71. The van der Waals surface area contributed by atoms with Crippen molar-refractivity contribution in [1.82, 2.24) is 4.98 Å². The summed E-state index contributed by atoms with van der Waals surface area (Å²) in [6, 6.07) is 16.5. The summed E-state index contributed by atoms with van der Waals surface area (Å²) in [5.41, 5.74) is 2.82. The monoisotopic (exact) mass is 386 g/mol. The number of hydrogen-bond donors (Lipinski definition) is 1. The first-order valence-electron chi connectivity index (χ1n) is 9.53. The number of aliphatic hydroxyl groups is 1. The van der Waals surface area contributed by atoms with Crippen molar-refractivity contribution in [2.45, 2.75) is 32.4 Å². The van der Waals surface area contributed by atoms with Crippen LogP contribution in [-0.4, -0.2) is 21.8 Å². The van der Waals surface area contributed by atoms with E-state index >= 15 is 0 Å². The van der Waals surface area contributed by atoms with Crippen molar-refractivity contribution >= 4 is 17.4 Å². The fourth-order valence-corrected chi connectivity index (χ4v) is 3.89. The van der Waals surface area contributed by atoms with Gasteiger partial charge in [-0.2, -0.15) is 0 Å². The minimum Gasteiger partial charge on any atom is -0.375 e. The summed E-state index contributed by atoms with van der Waals surface area (Å²) in [5, 5.41) is 11.4. The molecule has 1 aliphatic heterocycles. The number of carbonyl (C=O) groups is 2. The minimum absolute atomic E-state index is 0.322. The Bertz CT molecular complexity index is 1090. The zero-order valence-corrected chi connectivity index (χ0v) is 16.4. The van der Waals surface area contributed by atoms with E-state index in [0.29, 0.717) is 23.4 Å². The average Bonchev–Trinajstić information content (AvgIpc) is 2.92. The minimum atomic E-state index is -1.89. The van der Waals surface area contributed by atoms with E-state index < -0.39 is 11.5 Å². The molecule has 0 fully saturated rings. The molecule has 4 rings (SSSR count). The molecule has 0 radical (unpaired) electrons. The number of para-hydroxylation sites is 1. The highest BCUT2D eigenvalue weighted by Gasteiger charge is 2.50. The van der Waals surface area contributed by atoms with Gasteiger partial charge < -0.3 is 10.0 Å². The normalized spacial score (nSPS) is 18.0. The summed E-state index contributed by atoms with van der Waals surface area (Å²) in [6.45, 7) is 4.37. The molecule has 1 amide bonds. The van der Waals surface area contributed by atoms with Gasteiger partial charge in [-0.15, -0.1) is 0 Å². The number of pyridine rings is 1. The molecule has 0 spiro atoms. The van der Waals surface area contributed by atoms with Crippen LogP contribution in [-0.2, 0) is 16.9 Å². The number of Topliss-reactive ketones (excluding diaryl/α,β-unsaturated/α-hetero) is 1. The third kappa shape index (κ3) is 3.34. The van der Waals surface area contributed by atoms with Gasteiger partial charge in [-0.3, -0.25) is 14.6 Å². The number of rotatable bonds is 5. The lowest BCUT2D eigenvalue weighted by Crippen LogP contribution is -2.41. The summed E-state index contributed by atoms with van der Waals surface area (Å²) in [7, 11) is 0. The Morgan fingerprint density at radius 1 is 1.10 bits per heavy atom. The zero-order valence-electron chi connectivity index (χ0n) is 16.4. The number of benzene rings is 2. The van der Waals surface area contributed by atoms with Gasteiger partial charge in [0.15, 0.2) is 11.4 Å². The van der Waals surface area contributed by atoms with E-state index in [1.165, 1.54) is 6.20 Å². The van der Waals surface area contributed by atoms with Gasteiger partial charge >= 0.3 is 0 Å². The van der Waals surface area contributed by atoms with Crippen LogP contribution in [0.1, 0.15) is 39.0 Å². The van der Waals surface area contributed by atoms with Crippen LogP contribution in [0.3, 0.4) is 0 Å². The highest BCUT2D eigenvalue weighted by molar-refractivity contribution is 6.10. The maximum Gasteiger partial charge on any atom is 0.264 e. The van der Waals surface area contributed by atoms with Crippen molar-refractivity contribution in [3.63, 3.8) is 0 Å². The first-order chi connectivity index (χ1) is 13.9. The number of aryl methyl sites for hydroxylation is 2. The van der Waals surface area contributed by atoms with Crippen LogP contribution in [0.5, 0.6) is 0 Å². The number of amides is 1. The van der Waals surface area contributed by atoms with Crippen molar-refractivity contribution in [3.05, 3.63) is 94.8 Å². The predicted molar refractivity (Wildman–Crippen MR) is 111 cm³/mol. The van der Waals surface area contributed by atoms with Gasteiger partial charge in [-0.05, 0) is 43.2 Å². The first-order valence-corrected chi connectivity index (χ1v) is 9.53. The Morgan fingerprint density at radius 3 is 2.62 bits per heavy atom. The van der Waals surface area contributed by atoms with E-state index in [9.17, 15) is 14.7 Å². The van der Waals surface area contributed by atoms with E-state index in [1.54, 1.807) is 35.4 Å². The Balaban J connectivity index is 1.69. The number of fused-ring (bicyclic) bond motifs is 1. The second kappa shape index (κ2) is 7.26. The van der Waals surface area contributed by atoms with Crippen LogP contribution in [0.4, 0.5) is 5.69 Å². The highest BCUT2D eigenvalue weighted by atomic mass is 16.3. The Kier molecular flexibility index (Phi) is 4.76. The van der Waals surface area contributed by atoms with Crippen LogP contribution in [0.2, 0.25) is 0 Å². The molecule has 146 valence electrons.